The molecule has 0 bridgehead atoms. The van der Waals surface area contributed by atoms with E-state index in [2.05, 4.69) is 0 Å². The molecule has 0 saturated heterocycles. The summed E-state index contributed by atoms with van der Waals surface area (Å²) in [6.07, 6.45) is 3.49. The van der Waals surface area contributed by atoms with Crippen LogP contribution in [0, 0.1) is 0 Å². The summed E-state index contributed by atoms with van der Waals surface area (Å²) in [7, 11) is 7.87. The average molecular weight is 464 g/mol. The molecule has 3 rings (SSSR count). The number of aryl methyl sites for hydroxylation is 1. The van der Waals surface area contributed by atoms with E-state index in [1.165, 1.54) is 38.4 Å². The molecule has 1 heterocycles. The predicted octanol–water partition coefficient (Wildman–Crippen LogP) is 2.98. The van der Waals surface area contributed by atoms with Gasteiger partial charge in [0.1, 0.15) is 0 Å². The van der Waals surface area contributed by atoms with Gasteiger partial charge >= 0.3 is 171 Å². The van der Waals surface area contributed by atoms with E-state index < -0.39 is 12.7 Å². The number of hydrogen-bond donors (Lipinski definition) is 0. The summed E-state index contributed by atoms with van der Waals surface area (Å²) in [4.78, 5) is 1.25. The zero-order valence-corrected chi connectivity index (χ0v) is 18.6. The molecule has 3 aromatic rings. The fraction of sp³-hybridized carbons (Fsp3) is 0.238. The molecule has 29 heavy (non-hydrogen) atoms. The molecule has 0 N–H and O–H groups in total. The van der Waals surface area contributed by atoms with Crippen molar-refractivity contribution in [3.63, 3.8) is 0 Å². The first-order chi connectivity index (χ1) is 13.8. The number of hydrogen-bond acceptors (Lipinski definition) is 6. The van der Waals surface area contributed by atoms with Crippen molar-refractivity contribution in [2.75, 3.05) is 28.4 Å². The first-order valence-electron chi connectivity index (χ1n) is 8.71. The van der Waals surface area contributed by atoms with Gasteiger partial charge in [0, 0.05) is 0 Å². The second-order valence-electron chi connectivity index (χ2n) is 6.29. The Morgan fingerprint density at radius 1 is 0.897 bits per heavy atom. The zero-order valence-electron chi connectivity index (χ0n) is 16.9. The van der Waals surface area contributed by atoms with E-state index >= 15 is 0 Å². The molecule has 0 aliphatic heterocycles. The fourth-order valence-corrected chi connectivity index (χ4v) is 5.27. The van der Waals surface area contributed by atoms with Gasteiger partial charge in [-0.05, 0) is 0 Å². The summed E-state index contributed by atoms with van der Waals surface area (Å²) in [6, 6.07) is 8.55. The quantitative estimate of drug-likeness (QED) is 0.501. The monoisotopic (exact) mass is 465 g/mol. The van der Waals surface area contributed by atoms with Crippen LogP contribution >= 0.6 is 0 Å². The first-order valence-corrected chi connectivity index (χ1v) is 11.9. The van der Waals surface area contributed by atoms with Crippen LogP contribution in [-0.2, 0) is 14.7 Å². The maximum atomic E-state index is 13.0. The molecule has 0 aliphatic carbocycles. The van der Waals surface area contributed by atoms with Crippen LogP contribution in [-0.4, -0.2) is 45.7 Å². The number of rotatable bonds is 7. The van der Waals surface area contributed by atoms with Gasteiger partial charge in [-0.1, -0.05) is 0 Å². The second-order valence-corrected chi connectivity index (χ2v) is 10.1. The second kappa shape index (κ2) is 8.19. The average Bonchev–Trinajstić information content (AvgIpc) is 3.06. The minimum absolute atomic E-state index is 0.119. The van der Waals surface area contributed by atoms with Crippen molar-refractivity contribution >= 4 is 34.1 Å². The van der Waals surface area contributed by atoms with E-state index in [0.717, 1.165) is 22.2 Å². The Hall–Kier alpha value is -2.96. The van der Waals surface area contributed by atoms with Gasteiger partial charge in [0.2, 0.25) is 0 Å². The molecule has 1 aromatic heterocycles. The Morgan fingerprint density at radius 2 is 1.55 bits per heavy atom. The molecule has 0 aliphatic rings. The molecule has 7 nitrogen and oxygen atoms in total. The number of ether oxygens (including phenoxy) is 4. The fourth-order valence-electron chi connectivity index (χ4n) is 3.12. The van der Waals surface area contributed by atoms with Gasteiger partial charge < -0.3 is 0 Å². The van der Waals surface area contributed by atoms with Gasteiger partial charge in [-0.25, -0.2) is 0 Å². The Balaban J connectivity index is 2.04. The van der Waals surface area contributed by atoms with Crippen LogP contribution in [0.1, 0.15) is 5.56 Å². The van der Waals surface area contributed by atoms with Crippen LogP contribution in [0.5, 0.6) is 23.0 Å². The molecule has 154 valence electrons. The van der Waals surface area contributed by atoms with Crippen molar-refractivity contribution in [1.29, 1.82) is 0 Å². The van der Waals surface area contributed by atoms with Crippen molar-refractivity contribution in [1.82, 2.24) is 4.57 Å². The number of aromatic nitrogens is 1. The number of benzene rings is 2. The van der Waals surface area contributed by atoms with Gasteiger partial charge in [-0.2, -0.15) is 0 Å². The van der Waals surface area contributed by atoms with Crippen LogP contribution in [0.2, 0.25) is 0 Å². The number of nitrogens with zero attached hydrogens (tertiary/aromatic N) is 1. The summed E-state index contributed by atoms with van der Waals surface area (Å²) in [5.41, 5.74) is 1.74. The summed E-state index contributed by atoms with van der Waals surface area (Å²) in [5, 5.41) is 0.933. The Morgan fingerprint density at radius 3 is 2.10 bits per heavy atom. The van der Waals surface area contributed by atoms with E-state index in [1.807, 2.05) is 36.0 Å². The molecule has 2 aromatic carbocycles. The summed E-state index contributed by atoms with van der Waals surface area (Å²) >= 11 is -4.63. The van der Waals surface area contributed by atoms with Crippen molar-refractivity contribution in [2.45, 2.75) is 0 Å². The van der Waals surface area contributed by atoms with Gasteiger partial charge in [0.05, 0.1) is 0 Å². The number of fused-ring (bicyclic) bond motifs is 1. The van der Waals surface area contributed by atoms with Gasteiger partial charge in [-0.15, -0.1) is 0 Å². The molecule has 0 unspecified atom stereocenters. The van der Waals surface area contributed by atoms with E-state index in [1.54, 1.807) is 13.2 Å². The molecule has 0 saturated carbocycles. The molecule has 0 radical (unpaired) electrons. The number of methoxy groups -OCH3 is 4. The van der Waals surface area contributed by atoms with Crippen LogP contribution in [0.25, 0.3) is 17.0 Å². The SMILES string of the molecule is COc1ccc2c(/C=C/[Se](=O)(=O)c3cc(OC)c(OC)c(OC)c3)cn(C)c2c1. The summed E-state index contributed by atoms with van der Waals surface area (Å²) in [5.74, 6) is 1.67. The molecule has 0 amide bonds. The van der Waals surface area contributed by atoms with Crippen LogP contribution in [0.3, 0.4) is 0 Å². The first kappa shape index (κ1) is 20.8. The van der Waals surface area contributed by atoms with Gasteiger partial charge in [-0.3, -0.25) is 0 Å². The Kier molecular flexibility index (Phi) is 5.86. The normalized spacial score (nSPS) is 11.8. The van der Waals surface area contributed by atoms with Crippen molar-refractivity contribution < 1.29 is 26.6 Å². The van der Waals surface area contributed by atoms with Crippen LogP contribution in [0.4, 0.5) is 0 Å². The van der Waals surface area contributed by atoms with Crippen LogP contribution in [0.15, 0.2) is 41.5 Å². The van der Waals surface area contributed by atoms with Crippen molar-refractivity contribution in [3.8, 4) is 23.0 Å². The third-order valence-corrected chi connectivity index (χ3v) is 7.53. The predicted molar refractivity (Wildman–Crippen MR) is 111 cm³/mol. The Labute approximate surface area is 171 Å². The topological polar surface area (TPSA) is 76.0 Å². The van der Waals surface area contributed by atoms with E-state index in [9.17, 15) is 7.67 Å². The molecular weight excluding hydrogens is 441 g/mol. The maximum absolute atomic E-state index is 13.0. The third kappa shape index (κ3) is 3.95. The van der Waals surface area contributed by atoms with Crippen LogP contribution < -0.4 is 23.4 Å². The van der Waals surface area contributed by atoms with Crippen molar-refractivity contribution in [3.05, 3.63) is 47.1 Å². The van der Waals surface area contributed by atoms with Crippen molar-refractivity contribution in [2.24, 2.45) is 7.05 Å². The van der Waals surface area contributed by atoms with E-state index in [4.69, 9.17) is 18.9 Å². The van der Waals surface area contributed by atoms with Gasteiger partial charge in [0.15, 0.2) is 0 Å². The zero-order chi connectivity index (χ0) is 21.2. The summed E-state index contributed by atoms with van der Waals surface area (Å²) in [6.45, 7) is 0. The summed E-state index contributed by atoms with van der Waals surface area (Å²) < 4.78 is 49.1. The van der Waals surface area contributed by atoms with E-state index in [0.29, 0.717) is 17.2 Å². The molecule has 0 spiro atoms. The molecule has 0 atom stereocenters. The molecule has 0 fully saturated rings. The minimum atomic E-state index is -4.63. The molecule has 8 heteroatoms. The Bertz CT molecular complexity index is 1150. The third-order valence-electron chi connectivity index (χ3n) is 4.62. The van der Waals surface area contributed by atoms with E-state index in [-0.39, 0.29) is 4.46 Å². The standard InChI is InChI=1S/C21H23NO6Se/c1-22-13-14(17-7-6-15(25-2)10-18(17)22)8-9-29(23,24)16-11-19(26-3)21(28-5)20(12-16)27-4/h6-13H,1-5H3/b9-8+. The van der Waals surface area contributed by atoms with Gasteiger partial charge in [0.25, 0.3) is 0 Å². The molecular formula is C21H23NO6Se.